The molecular formula is C18H21N3O4S. The summed E-state index contributed by atoms with van der Waals surface area (Å²) >= 11 is 0. The lowest BCUT2D eigenvalue weighted by Crippen LogP contribution is -2.20. The van der Waals surface area contributed by atoms with Crippen LogP contribution in [0.15, 0.2) is 47.4 Å². The summed E-state index contributed by atoms with van der Waals surface area (Å²) in [6.07, 6.45) is 0.607. The molecule has 0 fully saturated rings. The van der Waals surface area contributed by atoms with Crippen LogP contribution in [0.5, 0.6) is 0 Å². The van der Waals surface area contributed by atoms with Crippen LogP contribution >= 0.6 is 0 Å². The molecule has 2 aromatic carbocycles. The summed E-state index contributed by atoms with van der Waals surface area (Å²) < 4.78 is 27.9. The lowest BCUT2D eigenvalue weighted by molar-refractivity contribution is -0.116. The van der Waals surface area contributed by atoms with Crippen molar-refractivity contribution in [2.45, 2.75) is 25.2 Å². The van der Waals surface area contributed by atoms with Crippen molar-refractivity contribution in [1.82, 2.24) is 5.32 Å². The van der Waals surface area contributed by atoms with Gasteiger partial charge in [-0.2, -0.15) is 0 Å². The Labute approximate surface area is 152 Å². The third kappa shape index (κ3) is 5.06. The van der Waals surface area contributed by atoms with E-state index in [-0.39, 0.29) is 23.8 Å². The summed E-state index contributed by atoms with van der Waals surface area (Å²) in [4.78, 5) is 22.0. The first-order valence-corrected chi connectivity index (χ1v) is 9.48. The summed E-state index contributed by atoms with van der Waals surface area (Å²) in [5, 5.41) is 5.00. The van der Waals surface area contributed by atoms with E-state index in [2.05, 4.69) is 15.4 Å². The highest BCUT2D eigenvalue weighted by Crippen LogP contribution is 2.23. The Kier molecular flexibility index (Phi) is 6.35. The van der Waals surface area contributed by atoms with Crippen molar-refractivity contribution in [2.75, 3.05) is 16.6 Å². The highest BCUT2D eigenvalue weighted by Gasteiger charge is 2.16. The number of sulfonamides is 1. The number of anilines is 2. The van der Waals surface area contributed by atoms with Crippen LogP contribution < -0.4 is 15.4 Å². The molecule has 0 atom stereocenters. The first-order chi connectivity index (χ1) is 12.3. The molecule has 8 heteroatoms. The minimum atomic E-state index is -3.79. The summed E-state index contributed by atoms with van der Waals surface area (Å²) in [6.45, 7) is 3.96. The van der Waals surface area contributed by atoms with Gasteiger partial charge in [0, 0.05) is 18.7 Å². The minimum absolute atomic E-state index is 0.0437. The van der Waals surface area contributed by atoms with Gasteiger partial charge in [0.2, 0.25) is 12.3 Å². The number of carbonyl (C=O) groups excluding carboxylic acids is 2. The second kappa shape index (κ2) is 8.48. The molecule has 0 unspecified atom stereocenters. The van der Waals surface area contributed by atoms with E-state index in [0.717, 1.165) is 11.1 Å². The number of hydrogen-bond acceptors (Lipinski definition) is 4. The van der Waals surface area contributed by atoms with Crippen LogP contribution in [-0.4, -0.2) is 27.3 Å². The standard InChI is InChI=1S/C18H21N3O4S/c1-13-5-3-8-17(14(13)2)21-26(24,25)16-7-4-6-15(11-16)20-18(23)9-10-19-12-22/h3-8,11-12,21H,9-10H2,1-2H3,(H,19,22)(H,20,23). The quantitative estimate of drug-likeness (QED) is 0.486. The number of hydrogen-bond donors (Lipinski definition) is 3. The fourth-order valence-electron chi connectivity index (χ4n) is 2.27. The van der Waals surface area contributed by atoms with Gasteiger partial charge in [0.25, 0.3) is 10.0 Å². The van der Waals surface area contributed by atoms with Crippen LogP contribution in [0.25, 0.3) is 0 Å². The van der Waals surface area contributed by atoms with Gasteiger partial charge in [-0.3, -0.25) is 14.3 Å². The molecule has 0 aliphatic rings. The zero-order valence-corrected chi connectivity index (χ0v) is 15.4. The van der Waals surface area contributed by atoms with Crippen molar-refractivity contribution >= 4 is 33.7 Å². The van der Waals surface area contributed by atoms with Crippen molar-refractivity contribution in [3.63, 3.8) is 0 Å². The average molecular weight is 375 g/mol. The first kappa shape index (κ1) is 19.5. The van der Waals surface area contributed by atoms with Gasteiger partial charge in [-0.25, -0.2) is 8.42 Å². The van der Waals surface area contributed by atoms with Gasteiger partial charge in [-0.15, -0.1) is 0 Å². The molecule has 0 saturated carbocycles. The van der Waals surface area contributed by atoms with Crippen molar-refractivity contribution in [3.8, 4) is 0 Å². The molecule has 0 heterocycles. The molecule has 0 aromatic heterocycles. The molecule has 3 N–H and O–H groups in total. The maximum Gasteiger partial charge on any atom is 0.261 e. The summed E-state index contributed by atoms with van der Waals surface area (Å²) in [7, 11) is -3.79. The summed E-state index contributed by atoms with van der Waals surface area (Å²) in [5.74, 6) is -0.323. The van der Waals surface area contributed by atoms with Crippen molar-refractivity contribution < 1.29 is 18.0 Å². The molecule has 138 valence electrons. The van der Waals surface area contributed by atoms with Crippen LogP contribution in [0.4, 0.5) is 11.4 Å². The summed E-state index contributed by atoms with van der Waals surface area (Å²) in [6, 6.07) is 11.4. The van der Waals surface area contributed by atoms with Gasteiger partial charge >= 0.3 is 0 Å². The number of benzene rings is 2. The van der Waals surface area contributed by atoms with Crippen LogP contribution in [0.3, 0.4) is 0 Å². The van der Waals surface area contributed by atoms with E-state index in [1.807, 2.05) is 19.9 Å². The van der Waals surface area contributed by atoms with Crippen LogP contribution in [0.2, 0.25) is 0 Å². The molecule has 26 heavy (non-hydrogen) atoms. The first-order valence-electron chi connectivity index (χ1n) is 7.99. The third-order valence-electron chi connectivity index (χ3n) is 3.86. The van der Waals surface area contributed by atoms with Crippen molar-refractivity contribution in [2.24, 2.45) is 0 Å². The Balaban J connectivity index is 2.16. The van der Waals surface area contributed by atoms with Crippen LogP contribution in [0, 0.1) is 13.8 Å². The predicted molar refractivity (Wildman–Crippen MR) is 100 cm³/mol. The Bertz CT molecular complexity index is 910. The Hall–Kier alpha value is -2.87. The smallest absolute Gasteiger partial charge is 0.261 e. The van der Waals surface area contributed by atoms with E-state index >= 15 is 0 Å². The highest BCUT2D eigenvalue weighted by atomic mass is 32.2. The normalized spacial score (nSPS) is 10.8. The lowest BCUT2D eigenvalue weighted by atomic mass is 10.1. The average Bonchev–Trinajstić information content (AvgIpc) is 2.59. The molecule has 0 aliphatic carbocycles. The number of carbonyl (C=O) groups is 2. The Morgan fingerprint density at radius 1 is 1.12 bits per heavy atom. The lowest BCUT2D eigenvalue weighted by Gasteiger charge is -2.13. The van der Waals surface area contributed by atoms with Gasteiger partial charge in [-0.05, 0) is 49.2 Å². The fraction of sp³-hybridized carbons (Fsp3) is 0.222. The third-order valence-corrected chi connectivity index (χ3v) is 5.22. The number of amides is 2. The van der Waals surface area contributed by atoms with Gasteiger partial charge < -0.3 is 10.6 Å². The molecule has 2 aromatic rings. The Morgan fingerprint density at radius 3 is 2.58 bits per heavy atom. The SMILES string of the molecule is Cc1cccc(NS(=O)(=O)c2cccc(NC(=O)CCNC=O)c2)c1C. The van der Waals surface area contributed by atoms with E-state index < -0.39 is 10.0 Å². The maximum absolute atomic E-state index is 12.6. The molecule has 0 radical (unpaired) electrons. The van der Waals surface area contributed by atoms with Crippen molar-refractivity contribution in [3.05, 3.63) is 53.6 Å². The molecule has 0 saturated heterocycles. The van der Waals surface area contributed by atoms with Gasteiger partial charge in [0.1, 0.15) is 0 Å². The van der Waals surface area contributed by atoms with E-state index in [1.165, 1.54) is 12.1 Å². The molecule has 0 bridgehead atoms. The topological polar surface area (TPSA) is 104 Å². The predicted octanol–water partition coefficient (Wildman–Crippen LogP) is 2.18. The molecule has 0 aliphatic heterocycles. The largest absolute Gasteiger partial charge is 0.358 e. The van der Waals surface area contributed by atoms with E-state index in [0.29, 0.717) is 17.8 Å². The Morgan fingerprint density at radius 2 is 1.85 bits per heavy atom. The van der Waals surface area contributed by atoms with Crippen molar-refractivity contribution in [1.29, 1.82) is 0 Å². The van der Waals surface area contributed by atoms with Crippen LogP contribution in [0.1, 0.15) is 17.5 Å². The van der Waals surface area contributed by atoms with Gasteiger partial charge in [-0.1, -0.05) is 18.2 Å². The molecule has 2 rings (SSSR count). The second-order valence-corrected chi connectivity index (χ2v) is 7.43. The van der Waals surface area contributed by atoms with Gasteiger partial charge in [0.15, 0.2) is 0 Å². The number of aryl methyl sites for hydroxylation is 1. The second-order valence-electron chi connectivity index (χ2n) is 5.75. The number of nitrogens with one attached hydrogen (secondary N) is 3. The zero-order valence-electron chi connectivity index (χ0n) is 14.6. The van der Waals surface area contributed by atoms with E-state index in [1.54, 1.807) is 24.3 Å². The molecule has 2 amide bonds. The van der Waals surface area contributed by atoms with E-state index in [9.17, 15) is 18.0 Å². The van der Waals surface area contributed by atoms with Crippen LogP contribution in [-0.2, 0) is 19.6 Å². The summed E-state index contributed by atoms with van der Waals surface area (Å²) in [5.41, 5.74) is 2.71. The number of rotatable bonds is 8. The van der Waals surface area contributed by atoms with E-state index in [4.69, 9.17) is 0 Å². The molecule has 7 nitrogen and oxygen atoms in total. The van der Waals surface area contributed by atoms with Gasteiger partial charge in [0.05, 0.1) is 10.6 Å². The maximum atomic E-state index is 12.6. The molecule has 0 spiro atoms. The molecular weight excluding hydrogens is 354 g/mol. The minimum Gasteiger partial charge on any atom is -0.358 e. The zero-order chi connectivity index (χ0) is 19.2. The fourth-order valence-corrected chi connectivity index (χ4v) is 3.44. The monoisotopic (exact) mass is 375 g/mol. The highest BCUT2D eigenvalue weighted by molar-refractivity contribution is 7.92.